The second kappa shape index (κ2) is 8.86. The first-order valence-electron chi connectivity index (χ1n) is 9.55. The minimum atomic E-state index is -3.12. The summed E-state index contributed by atoms with van der Waals surface area (Å²) in [5.74, 6) is 0.253. The Morgan fingerprint density at radius 1 is 1.31 bits per heavy atom. The molecule has 2 aliphatic rings. The van der Waals surface area contributed by atoms with Crippen molar-refractivity contribution >= 4 is 27.8 Å². The largest absolute Gasteiger partial charge is 0.454 e. The van der Waals surface area contributed by atoms with Crippen molar-refractivity contribution in [3.05, 3.63) is 29.8 Å². The van der Waals surface area contributed by atoms with Gasteiger partial charge in [0.2, 0.25) is 6.79 Å². The van der Waals surface area contributed by atoms with Crippen molar-refractivity contribution in [1.82, 2.24) is 4.90 Å². The van der Waals surface area contributed by atoms with Crippen LogP contribution in [0.3, 0.4) is 0 Å². The maximum atomic E-state index is 12.6. The highest BCUT2D eigenvalue weighted by molar-refractivity contribution is 7.91. The quantitative estimate of drug-likeness (QED) is 0.487. The van der Waals surface area contributed by atoms with Crippen LogP contribution in [0.2, 0.25) is 0 Å². The van der Waals surface area contributed by atoms with Gasteiger partial charge in [0.15, 0.2) is 27.9 Å². The lowest BCUT2D eigenvalue weighted by Crippen LogP contribution is -2.48. The van der Waals surface area contributed by atoms with Gasteiger partial charge < -0.3 is 19.1 Å². The third kappa shape index (κ3) is 5.29. The molecule has 0 aliphatic carbocycles. The molecule has 0 unspecified atom stereocenters. The van der Waals surface area contributed by atoms with E-state index in [-0.39, 0.29) is 36.3 Å². The molecule has 1 fully saturated rings. The van der Waals surface area contributed by atoms with Crippen LogP contribution in [0, 0.1) is 0 Å². The maximum absolute atomic E-state index is 12.6. The number of rotatable bonds is 7. The van der Waals surface area contributed by atoms with E-state index in [0.717, 1.165) is 5.56 Å². The van der Waals surface area contributed by atoms with Crippen LogP contribution in [0.1, 0.15) is 32.3 Å². The number of hydrogen-bond donors (Lipinski definition) is 0. The Kier molecular flexibility index (Phi) is 6.46. The number of ether oxygens (including phenoxy) is 3. The lowest BCUT2D eigenvalue weighted by molar-refractivity contribution is -0.150. The molecule has 2 aliphatic heterocycles. The second-order valence-corrected chi connectivity index (χ2v) is 9.40. The highest BCUT2D eigenvalue weighted by Gasteiger charge is 2.36. The van der Waals surface area contributed by atoms with E-state index >= 15 is 0 Å². The lowest BCUT2D eigenvalue weighted by Gasteiger charge is -2.33. The first-order valence-corrected chi connectivity index (χ1v) is 11.4. The molecule has 3 rings (SSSR count). The van der Waals surface area contributed by atoms with Gasteiger partial charge in [0, 0.05) is 18.2 Å². The summed E-state index contributed by atoms with van der Waals surface area (Å²) < 4.78 is 39.2. The number of hydrogen-bond acceptors (Lipinski definition) is 7. The van der Waals surface area contributed by atoms with Gasteiger partial charge in [0.1, 0.15) is 0 Å². The monoisotopic (exact) mass is 423 g/mol. The molecule has 1 aromatic carbocycles. The molecule has 1 aromatic rings. The molecule has 2 heterocycles. The van der Waals surface area contributed by atoms with Gasteiger partial charge in [0.05, 0.1) is 11.5 Å². The van der Waals surface area contributed by atoms with Crippen molar-refractivity contribution < 1.29 is 32.2 Å². The minimum absolute atomic E-state index is 0.0406. The second-order valence-electron chi connectivity index (χ2n) is 7.17. The van der Waals surface area contributed by atoms with E-state index in [4.69, 9.17) is 14.2 Å². The van der Waals surface area contributed by atoms with Crippen molar-refractivity contribution in [1.29, 1.82) is 0 Å². The molecular weight excluding hydrogens is 398 g/mol. The molecule has 0 aromatic heterocycles. The van der Waals surface area contributed by atoms with Crippen LogP contribution in [-0.2, 0) is 24.2 Å². The number of amides is 1. The Labute approximate surface area is 170 Å². The van der Waals surface area contributed by atoms with Gasteiger partial charge in [-0.25, -0.2) is 13.2 Å². The summed E-state index contributed by atoms with van der Waals surface area (Å²) in [7, 11) is -3.12. The number of benzene rings is 1. The normalized spacial score (nSPS) is 20.6. The van der Waals surface area contributed by atoms with Crippen LogP contribution in [0.25, 0.3) is 6.08 Å². The maximum Gasteiger partial charge on any atom is 0.331 e. The van der Waals surface area contributed by atoms with Gasteiger partial charge in [-0.15, -0.1) is 0 Å². The SMILES string of the molecule is CC[C@@H](C)N(C(=O)COC(=O)/C=C/c1ccc2c(c1)OCO2)[C@H]1CCS(=O)(=O)C1. The number of nitrogens with zero attached hydrogens (tertiary/aromatic N) is 1. The molecule has 0 spiro atoms. The zero-order valence-electron chi connectivity index (χ0n) is 16.5. The predicted molar refractivity (Wildman–Crippen MR) is 106 cm³/mol. The molecule has 0 bridgehead atoms. The molecule has 0 radical (unpaired) electrons. The highest BCUT2D eigenvalue weighted by Crippen LogP contribution is 2.32. The fraction of sp³-hybridized carbons (Fsp3) is 0.500. The standard InChI is InChI=1S/C20H25NO7S/c1-3-14(2)21(16-8-9-29(24,25)12-16)19(22)11-26-20(23)7-5-15-4-6-17-18(10-15)28-13-27-17/h4-7,10,14,16H,3,8-9,11-13H2,1-2H3/b7-5+/t14-,16+/m1/s1. The molecule has 0 N–H and O–H groups in total. The van der Waals surface area contributed by atoms with Gasteiger partial charge in [0.25, 0.3) is 5.91 Å². The van der Waals surface area contributed by atoms with Crippen LogP contribution in [0.5, 0.6) is 11.5 Å². The Bertz CT molecular complexity index is 909. The smallest absolute Gasteiger partial charge is 0.331 e. The van der Waals surface area contributed by atoms with Crippen LogP contribution in [0.4, 0.5) is 0 Å². The zero-order valence-corrected chi connectivity index (χ0v) is 17.3. The van der Waals surface area contributed by atoms with Crippen molar-refractivity contribution in [2.75, 3.05) is 24.9 Å². The first-order chi connectivity index (χ1) is 13.8. The van der Waals surface area contributed by atoms with Crippen molar-refractivity contribution in [3.63, 3.8) is 0 Å². The molecule has 0 saturated carbocycles. The minimum Gasteiger partial charge on any atom is -0.454 e. The summed E-state index contributed by atoms with van der Waals surface area (Å²) in [6.45, 7) is 3.53. The summed E-state index contributed by atoms with van der Waals surface area (Å²) in [6, 6.07) is 4.75. The van der Waals surface area contributed by atoms with Crippen molar-refractivity contribution in [2.45, 2.75) is 38.8 Å². The molecule has 1 saturated heterocycles. The highest BCUT2D eigenvalue weighted by atomic mass is 32.2. The van der Waals surface area contributed by atoms with Crippen LogP contribution in [-0.4, -0.2) is 62.2 Å². The van der Waals surface area contributed by atoms with E-state index in [1.165, 1.54) is 6.08 Å². The van der Waals surface area contributed by atoms with Crippen LogP contribution < -0.4 is 9.47 Å². The van der Waals surface area contributed by atoms with Gasteiger partial charge in [-0.1, -0.05) is 13.0 Å². The summed E-state index contributed by atoms with van der Waals surface area (Å²) in [4.78, 5) is 26.2. The van der Waals surface area contributed by atoms with Gasteiger partial charge in [-0.3, -0.25) is 4.79 Å². The van der Waals surface area contributed by atoms with Gasteiger partial charge in [-0.2, -0.15) is 0 Å². The van der Waals surface area contributed by atoms with Crippen LogP contribution >= 0.6 is 0 Å². The van der Waals surface area contributed by atoms with Crippen molar-refractivity contribution in [2.24, 2.45) is 0 Å². The fourth-order valence-corrected chi connectivity index (χ4v) is 5.15. The first kappa shape index (κ1) is 21.2. The molecule has 1 amide bonds. The average molecular weight is 423 g/mol. The van der Waals surface area contributed by atoms with E-state index in [2.05, 4.69) is 0 Å². The molecule has 158 valence electrons. The number of carbonyl (C=O) groups excluding carboxylic acids is 2. The van der Waals surface area contributed by atoms with E-state index in [1.54, 1.807) is 29.2 Å². The topological polar surface area (TPSA) is 99.2 Å². The Morgan fingerprint density at radius 2 is 2.07 bits per heavy atom. The van der Waals surface area contributed by atoms with E-state index in [1.807, 2.05) is 13.8 Å². The average Bonchev–Trinajstić information content (AvgIpc) is 3.30. The molecule has 2 atom stereocenters. The Balaban J connectivity index is 1.57. The van der Waals surface area contributed by atoms with E-state index < -0.39 is 22.4 Å². The molecule has 29 heavy (non-hydrogen) atoms. The number of fused-ring (bicyclic) bond motifs is 1. The molecule has 8 nitrogen and oxygen atoms in total. The number of carbonyl (C=O) groups is 2. The zero-order chi connectivity index (χ0) is 21.0. The summed E-state index contributed by atoms with van der Waals surface area (Å²) in [5.41, 5.74) is 0.731. The van der Waals surface area contributed by atoms with Crippen molar-refractivity contribution in [3.8, 4) is 11.5 Å². The third-order valence-corrected chi connectivity index (χ3v) is 6.85. The predicted octanol–water partition coefficient (Wildman–Crippen LogP) is 1.79. The van der Waals surface area contributed by atoms with E-state index in [0.29, 0.717) is 24.3 Å². The molecular formula is C20H25NO7S. The third-order valence-electron chi connectivity index (χ3n) is 5.10. The summed E-state index contributed by atoms with van der Waals surface area (Å²) in [6.07, 6.45) is 3.89. The molecule has 9 heteroatoms. The number of esters is 1. The van der Waals surface area contributed by atoms with E-state index in [9.17, 15) is 18.0 Å². The Morgan fingerprint density at radius 3 is 2.76 bits per heavy atom. The lowest BCUT2D eigenvalue weighted by atomic mass is 10.1. The summed E-state index contributed by atoms with van der Waals surface area (Å²) in [5, 5.41) is 0. The summed E-state index contributed by atoms with van der Waals surface area (Å²) >= 11 is 0. The van der Waals surface area contributed by atoms with Crippen LogP contribution in [0.15, 0.2) is 24.3 Å². The van der Waals surface area contributed by atoms with Gasteiger partial charge in [-0.05, 0) is 43.5 Å². The number of sulfone groups is 1. The Hall–Kier alpha value is -2.55. The fourth-order valence-electron chi connectivity index (χ4n) is 3.44. The van der Waals surface area contributed by atoms with Gasteiger partial charge >= 0.3 is 5.97 Å².